The fourth-order valence-corrected chi connectivity index (χ4v) is 5.05. The molecule has 1 aliphatic rings. The summed E-state index contributed by atoms with van der Waals surface area (Å²) in [6, 6.07) is 8.46. The Balaban J connectivity index is 1.77. The molecule has 1 heterocycles. The highest BCUT2D eigenvalue weighted by Crippen LogP contribution is 2.38. The van der Waals surface area contributed by atoms with E-state index in [1.54, 1.807) is 11.3 Å². The minimum absolute atomic E-state index is 0.0740. The summed E-state index contributed by atoms with van der Waals surface area (Å²) in [4.78, 5) is 13.7. The van der Waals surface area contributed by atoms with Crippen LogP contribution in [0.25, 0.3) is 0 Å². The fourth-order valence-electron chi connectivity index (χ4n) is 3.42. The van der Waals surface area contributed by atoms with Crippen LogP contribution in [0.1, 0.15) is 64.2 Å². The minimum atomic E-state index is -0.286. The Morgan fingerprint density at radius 3 is 2.59 bits per heavy atom. The number of nitrogens with one attached hydrogen (secondary N) is 2. The van der Waals surface area contributed by atoms with E-state index in [2.05, 4.69) is 48.7 Å². The van der Waals surface area contributed by atoms with Gasteiger partial charge in [0.15, 0.2) is 5.11 Å². The van der Waals surface area contributed by atoms with Crippen LogP contribution in [0, 0.1) is 6.92 Å². The Kier molecular flexibility index (Phi) is 6.50. The van der Waals surface area contributed by atoms with Crippen molar-refractivity contribution in [2.75, 3.05) is 12.4 Å². The first-order valence-electron chi connectivity index (χ1n) is 9.36. The lowest BCUT2D eigenvalue weighted by atomic mass is 10.1. The first kappa shape index (κ1) is 19.8. The SMILES string of the molecule is COC(=O)c1c(NC(=S)NC(C)c2ccc(C)cc2)sc2c1CCCCC2. The number of ether oxygens (including phenoxy) is 1. The van der Waals surface area contributed by atoms with Crippen molar-refractivity contribution in [2.24, 2.45) is 0 Å². The summed E-state index contributed by atoms with van der Waals surface area (Å²) in [7, 11) is 1.43. The number of aryl methyl sites for hydroxylation is 2. The Morgan fingerprint density at radius 2 is 1.89 bits per heavy atom. The van der Waals surface area contributed by atoms with Crippen molar-refractivity contribution >= 4 is 39.6 Å². The van der Waals surface area contributed by atoms with Gasteiger partial charge >= 0.3 is 5.97 Å². The number of thiocarbonyl (C=S) groups is 1. The van der Waals surface area contributed by atoms with E-state index in [4.69, 9.17) is 17.0 Å². The molecule has 0 amide bonds. The topological polar surface area (TPSA) is 50.4 Å². The van der Waals surface area contributed by atoms with Gasteiger partial charge in [0.25, 0.3) is 0 Å². The molecule has 4 nitrogen and oxygen atoms in total. The maximum absolute atomic E-state index is 12.4. The van der Waals surface area contributed by atoms with E-state index in [1.807, 2.05) is 0 Å². The summed E-state index contributed by atoms with van der Waals surface area (Å²) in [5.74, 6) is -0.286. The minimum Gasteiger partial charge on any atom is -0.465 e. The molecule has 0 radical (unpaired) electrons. The number of hydrogen-bond acceptors (Lipinski definition) is 4. The second-order valence-corrected chi connectivity index (χ2v) is 8.50. The first-order valence-corrected chi connectivity index (χ1v) is 10.6. The van der Waals surface area contributed by atoms with Gasteiger partial charge in [-0.15, -0.1) is 11.3 Å². The summed E-state index contributed by atoms with van der Waals surface area (Å²) in [5.41, 5.74) is 4.20. The summed E-state index contributed by atoms with van der Waals surface area (Å²) >= 11 is 7.15. The van der Waals surface area contributed by atoms with Gasteiger partial charge in [0.1, 0.15) is 5.00 Å². The maximum atomic E-state index is 12.4. The van der Waals surface area contributed by atoms with Gasteiger partial charge in [-0.1, -0.05) is 36.2 Å². The molecule has 3 rings (SSSR count). The number of thiophene rings is 1. The second kappa shape index (κ2) is 8.85. The maximum Gasteiger partial charge on any atom is 0.341 e. The van der Waals surface area contributed by atoms with E-state index >= 15 is 0 Å². The largest absolute Gasteiger partial charge is 0.465 e. The van der Waals surface area contributed by atoms with Gasteiger partial charge in [0.05, 0.1) is 18.7 Å². The number of benzene rings is 1. The zero-order chi connectivity index (χ0) is 19.4. The summed E-state index contributed by atoms with van der Waals surface area (Å²) in [6.07, 6.45) is 5.43. The summed E-state index contributed by atoms with van der Waals surface area (Å²) < 4.78 is 5.05. The molecule has 144 valence electrons. The molecule has 0 bridgehead atoms. The molecule has 0 saturated carbocycles. The lowest BCUT2D eigenvalue weighted by Gasteiger charge is -2.17. The Labute approximate surface area is 170 Å². The highest BCUT2D eigenvalue weighted by Gasteiger charge is 2.25. The number of carbonyl (C=O) groups is 1. The van der Waals surface area contributed by atoms with Crippen LogP contribution in [0.4, 0.5) is 5.00 Å². The molecule has 2 N–H and O–H groups in total. The number of esters is 1. The number of methoxy groups -OCH3 is 1. The van der Waals surface area contributed by atoms with Crippen LogP contribution in [0.2, 0.25) is 0 Å². The Morgan fingerprint density at radius 1 is 1.19 bits per heavy atom. The molecule has 0 aliphatic heterocycles. The van der Waals surface area contributed by atoms with Gasteiger partial charge in [-0.3, -0.25) is 0 Å². The molecular weight excluding hydrogens is 376 g/mol. The first-order chi connectivity index (χ1) is 13.0. The van der Waals surface area contributed by atoms with Crippen LogP contribution < -0.4 is 10.6 Å². The van der Waals surface area contributed by atoms with E-state index in [0.717, 1.165) is 29.8 Å². The van der Waals surface area contributed by atoms with Crippen LogP contribution in [0.5, 0.6) is 0 Å². The monoisotopic (exact) mass is 402 g/mol. The van der Waals surface area contributed by atoms with Crippen LogP contribution in [-0.4, -0.2) is 18.2 Å². The molecular formula is C21H26N2O2S2. The third kappa shape index (κ3) is 4.68. The molecule has 1 aliphatic carbocycles. The highest BCUT2D eigenvalue weighted by atomic mass is 32.1. The molecule has 1 atom stereocenters. The van der Waals surface area contributed by atoms with Gasteiger partial charge < -0.3 is 15.4 Å². The van der Waals surface area contributed by atoms with E-state index < -0.39 is 0 Å². The average Bonchev–Trinajstić information content (AvgIpc) is 2.82. The van der Waals surface area contributed by atoms with Crippen molar-refractivity contribution < 1.29 is 9.53 Å². The Bertz CT molecular complexity index is 827. The van der Waals surface area contributed by atoms with Crippen LogP contribution in [0.3, 0.4) is 0 Å². The number of fused-ring (bicyclic) bond motifs is 1. The quantitative estimate of drug-likeness (QED) is 0.420. The Hall–Kier alpha value is -1.92. The number of carbonyl (C=O) groups excluding carboxylic acids is 1. The molecule has 0 spiro atoms. The predicted molar refractivity (Wildman–Crippen MR) is 116 cm³/mol. The van der Waals surface area contributed by atoms with Crippen LogP contribution >= 0.6 is 23.6 Å². The predicted octanol–water partition coefficient (Wildman–Crippen LogP) is 5.16. The van der Waals surface area contributed by atoms with E-state index in [9.17, 15) is 4.79 Å². The number of anilines is 1. The fraction of sp³-hybridized carbons (Fsp3) is 0.429. The molecule has 1 unspecified atom stereocenters. The van der Waals surface area contributed by atoms with Gasteiger partial charge in [0, 0.05) is 4.88 Å². The van der Waals surface area contributed by atoms with Crippen molar-refractivity contribution in [2.45, 2.75) is 52.0 Å². The molecule has 6 heteroatoms. The zero-order valence-corrected chi connectivity index (χ0v) is 17.7. The third-order valence-electron chi connectivity index (χ3n) is 4.96. The normalized spacial score (nSPS) is 14.6. The zero-order valence-electron chi connectivity index (χ0n) is 16.1. The molecule has 0 saturated heterocycles. The van der Waals surface area contributed by atoms with Crippen LogP contribution in [-0.2, 0) is 17.6 Å². The van der Waals surface area contributed by atoms with Gasteiger partial charge in [-0.05, 0) is 62.9 Å². The van der Waals surface area contributed by atoms with Crippen molar-refractivity contribution in [1.82, 2.24) is 5.32 Å². The van der Waals surface area contributed by atoms with Gasteiger partial charge in [0.2, 0.25) is 0 Å². The van der Waals surface area contributed by atoms with E-state index in [0.29, 0.717) is 10.7 Å². The van der Waals surface area contributed by atoms with E-state index in [-0.39, 0.29) is 12.0 Å². The molecule has 1 aromatic heterocycles. The second-order valence-electron chi connectivity index (χ2n) is 6.99. The smallest absolute Gasteiger partial charge is 0.341 e. The molecule has 27 heavy (non-hydrogen) atoms. The van der Waals surface area contributed by atoms with Gasteiger partial charge in [-0.25, -0.2) is 4.79 Å². The van der Waals surface area contributed by atoms with Crippen molar-refractivity contribution in [3.05, 3.63) is 51.4 Å². The molecule has 2 aromatic rings. The average molecular weight is 403 g/mol. The van der Waals surface area contributed by atoms with Crippen molar-refractivity contribution in [3.63, 3.8) is 0 Å². The lowest BCUT2D eigenvalue weighted by molar-refractivity contribution is 0.0601. The lowest BCUT2D eigenvalue weighted by Crippen LogP contribution is -2.31. The molecule has 0 fully saturated rings. The van der Waals surface area contributed by atoms with Crippen molar-refractivity contribution in [3.8, 4) is 0 Å². The number of rotatable bonds is 4. The van der Waals surface area contributed by atoms with Gasteiger partial charge in [-0.2, -0.15) is 0 Å². The van der Waals surface area contributed by atoms with E-state index in [1.165, 1.54) is 36.0 Å². The molecule has 1 aromatic carbocycles. The summed E-state index contributed by atoms with van der Waals surface area (Å²) in [6.45, 7) is 4.15. The summed E-state index contributed by atoms with van der Waals surface area (Å²) in [5, 5.41) is 7.88. The van der Waals surface area contributed by atoms with Crippen molar-refractivity contribution in [1.29, 1.82) is 0 Å². The van der Waals surface area contributed by atoms with Crippen LogP contribution in [0.15, 0.2) is 24.3 Å². The number of hydrogen-bond donors (Lipinski definition) is 2. The third-order valence-corrected chi connectivity index (χ3v) is 6.39. The standard InChI is InChI=1S/C21H26N2O2S2/c1-13-9-11-15(12-10-13)14(2)22-21(26)23-19-18(20(24)25-3)16-7-5-4-6-8-17(16)27-19/h9-12,14H,4-8H2,1-3H3,(H2,22,23,26). The highest BCUT2D eigenvalue weighted by molar-refractivity contribution is 7.80.